The van der Waals surface area contributed by atoms with Crippen molar-refractivity contribution < 1.29 is 4.79 Å². The second-order valence-electron chi connectivity index (χ2n) is 4.11. The molecule has 0 fully saturated rings. The first-order valence-electron chi connectivity index (χ1n) is 5.65. The third-order valence-corrected chi connectivity index (χ3v) is 4.03. The summed E-state index contributed by atoms with van der Waals surface area (Å²) < 4.78 is 0. The van der Waals surface area contributed by atoms with Crippen LogP contribution in [0.5, 0.6) is 0 Å². The van der Waals surface area contributed by atoms with Crippen molar-refractivity contribution in [2.75, 3.05) is 5.73 Å². The standard InChI is InChI=1S/C12H15N3OS2/c1-8(5-10-3-2-4-17-10)14-11(16)6-9-7-18-12(13)15-9/h2-4,7-8H,5-6H2,1H3,(H2,13,15)(H,14,16). The SMILES string of the molecule is CC(Cc1cccs1)NC(=O)Cc1csc(N)n1. The van der Waals surface area contributed by atoms with Crippen LogP contribution in [0.25, 0.3) is 0 Å². The van der Waals surface area contributed by atoms with Crippen LogP contribution >= 0.6 is 22.7 Å². The molecule has 0 aliphatic rings. The summed E-state index contributed by atoms with van der Waals surface area (Å²) in [5.74, 6) is -0.00986. The Morgan fingerprint density at radius 3 is 3.00 bits per heavy atom. The summed E-state index contributed by atoms with van der Waals surface area (Å²) in [6.45, 7) is 2.01. The van der Waals surface area contributed by atoms with Gasteiger partial charge in [0.25, 0.3) is 0 Å². The number of anilines is 1. The van der Waals surface area contributed by atoms with Crippen LogP contribution in [0.3, 0.4) is 0 Å². The lowest BCUT2D eigenvalue weighted by atomic mass is 10.2. The van der Waals surface area contributed by atoms with Crippen LogP contribution in [0.1, 0.15) is 17.5 Å². The second-order valence-corrected chi connectivity index (χ2v) is 6.03. The van der Waals surface area contributed by atoms with Gasteiger partial charge in [0.15, 0.2) is 5.13 Å². The number of nitrogens with one attached hydrogen (secondary N) is 1. The number of nitrogens with zero attached hydrogens (tertiary/aromatic N) is 1. The third-order valence-electron chi connectivity index (χ3n) is 2.41. The van der Waals surface area contributed by atoms with Crippen LogP contribution in [0.4, 0.5) is 5.13 Å². The Kier molecular flexibility index (Phi) is 4.33. The molecule has 18 heavy (non-hydrogen) atoms. The van der Waals surface area contributed by atoms with Crippen molar-refractivity contribution in [1.29, 1.82) is 0 Å². The molecule has 0 bridgehead atoms. The van der Waals surface area contributed by atoms with E-state index in [-0.39, 0.29) is 11.9 Å². The summed E-state index contributed by atoms with van der Waals surface area (Å²) in [5, 5.41) is 7.33. The predicted molar refractivity (Wildman–Crippen MR) is 75.9 cm³/mol. The highest BCUT2D eigenvalue weighted by molar-refractivity contribution is 7.13. The molecule has 2 aromatic rings. The van der Waals surface area contributed by atoms with Crippen molar-refractivity contribution in [2.45, 2.75) is 25.8 Å². The lowest BCUT2D eigenvalue weighted by Crippen LogP contribution is -2.35. The van der Waals surface area contributed by atoms with Crippen molar-refractivity contribution in [3.05, 3.63) is 33.5 Å². The molecule has 4 nitrogen and oxygen atoms in total. The van der Waals surface area contributed by atoms with Gasteiger partial charge in [-0.15, -0.1) is 22.7 Å². The maximum absolute atomic E-state index is 11.8. The van der Waals surface area contributed by atoms with E-state index in [1.165, 1.54) is 16.2 Å². The summed E-state index contributed by atoms with van der Waals surface area (Å²) in [6.07, 6.45) is 1.16. The summed E-state index contributed by atoms with van der Waals surface area (Å²) in [4.78, 5) is 17.1. The molecular weight excluding hydrogens is 266 g/mol. The summed E-state index contributed by atoms with van der Waals surface area (Å²) in [6, 6.07) is 4.23. The van der Waals surface area contributed by atoms with E-state index in [0.717, 1.165) is 12.1 Å². The Balaban J connectivity index is 1.80. The average Bonchev–Trinajstić information content (AvgIpc) is 2.90. The molecule has 1 unspecified atom stereocenters. The van der Waals surface area contributed by atoms with Gasteiger partial charge in [-0.25, -0.2) is 4.98 Å². The van der Waals surface area contributed by atoms with E-state index in [1.807, 2.05) is 23.8 Å². The topological polar surface area (TPSA) is 68.0 Å². The van der Waals surface area contributed by atoms with Gasteiger partial charge in [-0.05, 0) is 18.4 Å². The Bertz CT molecular complexity index is 507. The smallest absolute Gasteiger partial charge is 0.226 e. The minimum absolute atomic E-state index is 0.00986. The Labute approximate surface area is 114 Å². The van der Waals surface area contributed by atoms with Gasteiger partial charge >= 0.3 is 0 Å². The van der Waals surface area contributed by atoms with Crippen LogP contribution in [-0.4, -0.2) is 16.9 Å². The Morgan fingerprint density at radius 1 is 1.56 bits per heavy atom. The fourth-order valence-electron chi connectivity index (χ4n) is 1.68. The van der Waals surface area contributed by atoms with Gasteiger partial charge in [-0.3, -0.25) is 4.79 Å². The first-order chi connectivity index (χ1) is 8.63. The van der Waals surface area contributed by atoms with Crippen molar-refractivity contribution in [2.24, 2.45) is 0 Å². The molecule has 2 rings (SSSR count). The summed E-state index contributed by atoms with van der Waals surface area (Å²) >= 11 is 3.06. The van der Waals surface area contributed by atoms with E-state index in [9.17, 15) is 4.79 Å². The zero-order valence-electron chi connectivity index (χ0n) is 10.1. The van der Waals surface area contributed by atoms with E-state index in [1.54, 1.807) is 11.3 Å². The molecule has 0 aliphatic carbocycles. The second kappa shape index (κ2) is 5.97. The molecule has 0 radical (unpaired) electrons. The van der Waals surface area contributed by atoms with Gasteiger partial charge in [0.2, 0.25) is 5.91 Å². The van der Waals surface area contributed by atoms with Gasteiger partial charge in [0.1, 0.15) is 0 Å². The maximum atomic E-state index is 11.8. The predicted octanol–water partition coefficient (Wildman–Crippen LogP) is 2.08. The summed E-state index contributed by atoms with van der Waals surface area (Å²) in [5.41, 5.74) is 6.26. The molecule has 2 aromatic heterocycles. The van der Waals surface area contributed by atoms with Crippen molar-refractivity contribution >= 4 is 33.7 Å². The van der Waals surface area contributed by atoms with E-state index < -0.39 is 0 Å². The highest BCUT2D eigenvalue weighted by atomic mass is 32.1. The Morgan fingerprint density at radius 2 is 2.39 bits per heavy atom. The van der Waals surface area contributed by atoms with Gasteiger partial charge < -0.3 is 11.1 Å². The highest BCUT2D eigenvalue weighted by Gasteiger charge is 2.11. The number of thiophene rings is 1. The Hall–Kier alpha value is -1.40. The van der Waals surface area contributed by atoms with Gasteiger partial charge in [0.05, 0.1) is 12.1 Å². The minimum atomic E-state index is -0.00986. The van der Waals surface area contributed by atoms with E-state index in [0.29, 0.717) is 11.6 Å². The first kappa shape index (κ1) is 13.0. The van der Waals surface area contributed by atoms with Crippen LogP contribution in [0, 0.1) is 0 Å². The molecule has 96 valence electrons. The lowest BCUT2D eigenvalue weighted by molar-refractivity contribution is -0.121. The highest BCUT2D eigenvalue weighted by Crippen LogP contribution is 2.12. The molecule has 0 saturated carbocycles. The van der Waals surface area contributed by atoms with Crippen LogP contribution in [-0.2, 0) is 17.6 Å². The fraction of sp³-hybridized carbons (Fsp3) is 0.333. The van der Waals surface area contributed by atoms with E-state index in [4.69, 9.17) is 5.73 Å². The maximum Gasteiger partial charge on any atom is 0.226 e. The molecule has 3 N–H and O–H groups in total. The van der Waals surface area contributed by atoms with Crippen molar-refractivity contribution in [3.8, 4) is 0 Å². The molecular formula is C12H15N3OS2. The number of aromatic nitrogens is 1. The van der Waals surface area contributed by atoms with Crippen molar-refractivity contribution in [1.82, 2.24) is 10.3 Å². The van der Waals surface area contributed by atoms with Crippen molar-refractivity contribution in [3.63, 3.8) is 0 Å². The molecule has 0 saturated heterocycles. The normalized spacial score (nSPS) is 12.3. The number of carbonyl (C=O) groups is 1. The zero-order valence-corrected chi connectivity index (χ0v) is 11.7. The molecule has 1 amide bonds. The van der Waals surface area contributed by atoms with Gasteiger partial charge in [0, 0.05) is 22.7 Å². The largest absolute Gasteiger partial charge is 0.375 e. The van der Waals surface area contributed by atoms with Gasteiger partial charge in [-0.1, -0.05) is 6.07 Å². The third kappa shape index (κ3) is 3.82. The quantitative estimate of drug-likeness (QED) is 0.881. The number of amides is 1. The van der Waals surface area contributed by atoms with Crippen LogP contribution in [0.2, 0.25) is 0 Å². The fourth-order valence-corrected chi connectivity index (χ4v) is 3.07. The number of nitrogen functional groups attached to an aromatic ring is 1. The number of nitrogens with two attached hydrogens (primary N) is 1. The molecule has 2 heterocycles. The number of hydrogen-bond donors (Lipinski definition) is 2. The number of carbonyl (C=O) groups excluding carboxylic acids is 1. The average molecular weight is 281 g/mol. The minimum Gasteiger partial charge on any atom is -0.375 e. The zero-order chi connectivity index (χ0) is 13.0. The van der Waals surface area contributed by atoms with Gasteiger partial charge in [-0.2, -0.15) is 0 Å². The number of thiazole rings is 1. The molecule has 0 aromatic carbocycles. The molecule has 1 atom stereocenters. The first-order valence-corrected chi connectivity index (χ1v) is 7.41. The van der Waals surface area contributed by atoms with E-state index in [2.05, 4.69) is 16.4 Å². The molecule has 6 heteroatoms. The monoisotopic (exact) mass is 281 g/mol. The molecule has 0 spiro atoms. The van der Waals surface area contributed by atoms with Crippen LogP contribution in [0.15, 0.2) is 22.9 Å². The van der Waals surface area contributed by atoms with E-state index >= 15 is 0 Å². The summed E-state index contributed by atoms with van der Waals surface area (Å²) in [7, 11) is 0. The van der Waals surface area contributed by atoms with Crippen LogP contribution < -0.4 is 11.1 Å². The molecule has 0 aliphatic heterocycles. The number of hydrogen-bond acceptors (Lipinski definition) is 5. The lowest BCUT2D eigenvalue weighted by Gasteiger charge is -2.12. The number of rotatable bonds is 5.